The first-order valence-electron chi connectivity index (χ1n) is 25.3. The van der Waals surface area contributed by atoms with Crippen molar-refractivity contribution in [1.82, 2.24) is 14.1 Å². The van der Waals surface area contributed by atoms with E-state index in [1.807, 2.05) is 83.6 Å². The Bertz CT molecular complexity index is 3990. The number of nitrogens with zero attached hydrogens (tertiary/aromatic N) is 4. The van der Waals surface area contributed by atoms with E-state index in [1.54, 1.807) is 29.7 Å². The van der Waals surface area contributed by atoms with Gasteiger partial charge in [-0.2, -0.15) is 0 Å². The first-order chi connectivity index (χ1) is 34.6. The minimum absolute atomic E-state index is 0.0584. The SMILES string of the molecule is [2H]c1c([2H])c([2H])c(-c2cccc(-c3c([2H])c([2H])c([2H])c(C)c3[2H])c2-[n+]2[c-]n(-c3cccc(Oc4ccc5c6ccccc6n(-c6cc7c(cn6)C(C)(C)c6ccccc6-7)c5c4)c3)c3ccccc32)c([2H])c1[2H]. The molecule has 0 spiro atoms. The quantitative estimate of drug-likeness (QED) is 0.119. The molecule has 0 atom stereocenters. The molecule has 300 valence electrons. The summed E-state index contributed by atoms with van der Waals surface area (Å²) in [6, 6.07) is 41.7. The van der Waals surface area contributed by atoms with E-state index < -0.39 is 30.2 Å². The molecule has 0 saturated heterocycles. The second-order valence-electron chi connectivity index (χ2n) is 16.4. The highest BCUT2D eigenvalue weighted by atomic mass is 16.5. The molecule has 63 heavy (non-hydrogen) atoms. The third-order valence-electron chi connectivity index (χ3n) is 12.3. The molecule has 0 saturated carbocycles. The second kappa shape index (κ2) is 14.3. The first-order valence-corrected chi connectivity index (χ1v) is 20.8. The molecule has 3 heterocycles. The number of benzene rings is 8. The van der Waals surface area contributed by atoms with E-state index in [4.69, 9.17) is 20.7 Å². The maximum atomic E-state index is 9.21. The van der Waals surface area contributed by atoms with Crippen LogP contribution in [0.5, 0.6) is 11.5 Å². The fraction of sp³-hybridized carbons (Fsp3) is 0.0690. The van der Waals surface area contributed by atoms with Crippen LogP contribution in [-0.2, 0) is 5.41 Å². The van der Waals surface area contributed by atoms with Gasteiger partial charge in [0.15, 0.2) is 0 Å². The van der Waals surface area contributed by atoms with Gasteiger partial charge in [0.2, 0.25) is 0 Å². The molecule has 0 amide bonds. The Hall–Kier alpha value is -8.02. The number of rotatable bonds is 7. The minimum atomic E-state index is -0.541. The zero-order valence-corrected chi connectivity index (χ0v) is 34.6. The summed E-state index contributed by atoms with van der Waals surface area (Å²) < 4.78 is 91.6. The number of hydrogen-bond donors (Lipinski definition) is 0. The van der Waals surface area contributed by atoms with Crippen molar-refractivity contribution in [1.29, 1.82) is 0 Å². The summed E-state index contributed by atoms with van der Waals surface area (Å²) in [4.78, 5) is 5.10. The summed E-state index contributed by atoms with van der Waals surface area (Å²) in [5, 5.41) is 2.14. The van der Waals surface area contributed by atoms with Crippen molar-refractivity contribution in [3.05, 3.63) is 223 Å². The molecule has 11 aromatic rings. The van der Waals surface area contributed by atoms with E-state index in [-0.39, 0.29) is 63.1 Å². The zero-order valence-electron chi connectivity index (χ0n) is 43.6. The summed E-state index contributed by atoms with van der Waals surface area (Å²) in [5.74, 6) is 1.94. The van der Waals surface area contributed by atoms with E-state index in [0.29, 0.717) is 28.2 Å². The Kier molecular flexibility index (Phi) is 6.46. The van der Waals surface area contributed by atoms with Gasteiger partial charge in [-0.15, -0.1) is 0 Å². The largest absolute Gasteiger partial charge is 0.458 e. The summed E-state index contributed by atoms with van der Waals surface area (Å²) >= 11 is 0. The number of pyridine rings is 1. The normalized spacial score (nSPS) is 14.8. The summed E-state index contributed by atoms with van der Waals surface area (Å²) in [7, 11) is 0. The number of imidazole rings is 1. The van der Waals surface area contributed by atoms with Crippen LogP contribution in [0, 0.1) is 13.3 Å². The van der Waals surface area contributed by atoms with Gasteiger partial charge in [-0.1, -0.05) is 165 Å². The van der Waals surface area contributed by atoms with Gasteiger partial charge in [0.25, 0.3) is 6.33 Å². The van der Waals surface area contributed by atoms with Gasteiger partial charge in [-0.25, -0.2) is 4.98 Å². The molecule has 0 N–H and O–H groups in total. The van der Waals surface area contributed by atoms with Crippen molar-refractivity contribution in [2.24, 2.45) is 0 Å². The number of fused-ring (bicyclic) bond motifs is 7. The molecule has 0 fully saturated rings. The highest BCUT2D eigenvalue weighted by Gasteiger charge is 2.36. The van der Waals surface area contributed by atoms with E-state index in [9.17, 15) is 1.37 Å². The molecule has 1 aliphatic rings. The molecule has 0 unspecified atom stereocenters. The van der Waals surface area contributed by atoms with Gasteiger partial charge in [-0.3, -0.25) is 13.7 Å². The number of ether oxygens (including phenoxy) is 1. The molecule has 5 nitrogen and oxygen atoms in total. The van der Waals surface area contributed by atoms with Crippen LogP contribution in [0.4, 0.5) is 0 Å². The predicted molar refractivity (Wildman–Crippen MR) is 255 cm³/mol. The lowest BCUT2D eigenvalue weighted by Crippen LogP contribution is -2.31. The molecule has 0 bridgehead atoms. The third kappa shape index (κ3) is 5.92. The van der Waals surface area contributed by atoms with Crippen LogP contribution in [0.25, 0.3) is 83.4 Å². The lowest BCUT2D eigenvalue weighted by molar-refractivity contribution is -0.571. The molecule has 3 aromatic heterocycles. The molecule has 1 aliphatic carbocycles. The van der Waals surface area contributed by atoms with Gasteiger partial charge >= 0.3 is 0 Å². The average Bonchev–Trinajstić information content (AvgIpc) is 4.01. The van der Waals surface area contributed by atoms with Crippen molar-refractivity contribution >= 4 is 32.8 Å². The minimum Gasteiger partial charge on any atom is -0.458 e. The Morgan fingerprint density at radius 3 is 2.21 bits per heavy atom. The molecule has 8 aromatic carbocycles. The molecular weight excluding hydrogens is 769 g/mol. The standard InChI is InChI=1S/C58H42N4O/c1-38-16-13-19-40(32-38)45-25-15-24-44(39-17-5-4-6-18-39)57(45)61-37-60(53-28-11-12-29-54(53)61)41-20-14-21-42(33-41)63-43-30-31-48-47-23-8-10-27-52(47)62(55(48)34-43)56-35-49-46-22-7-9-26-50(46)58(2,3)51(49)36-59-56/h4-36H,1-3H3/i4D,5D,6D,13D,16D,17D,18D,19D,32D. The predicted octanol–water partition coefficient (Wildman–Crippen LogP) is 13.9. The monoisotopic (exact) mass is 819 g/mol. The Morgan fingerprint density at radius 2 is 1.32 bits per heavy atom. The Morgan fingerprint density at radius 1 is 0.603 bits per heavy atom. The first kappa shape index (κ1) is 28.5. The van der Waals surface area contributed by atoms with Crippen LogP contribution >= 0.6 is 0 Å². The van der Waals surface area contributed by atoms with Crippen LogP contribution in [0.2, 0.25) is 0 Å². The number of para-hydroxylation sites is 4. The summed E-state index contributed by atoms with van der Waals surface area (Å²) in [6.45, 7) is 6.06. The van der Waals surface area contributed by atoms with Crippen molar-refractivity contribution in [3.8, 4) is 62.1 Å². The zero-order chi connectivity index (χ0) is 50.1. The van der Waals surface area contributed by atoms with Crippen molar-refractivity contribution in [2.75, 3.05) is 0 Å². The van der Waals surface area contributed by atoms with E-state index in [1.165, 1.54) is 22.3 Å². The van der Waals surface area contributed by atoms with Crippen LogP contribution < -0.4 is 9.30 Å². The topological polar surface area (TPSA) is 35.9 Å². The maximum Gasteiger partial charge on any atom is 0.269 e. The van der Waals surface area contributed by atoms with Crippen LogP contribution in [-0.4, -0.2) is 14.1 Å². The third-order valence-corrected chi connectivity index (χ3v) is 12.3. The Balaban J connectivity index is 1.01. The Labute approximate surface area is 379 Å². The van der Waals surface area contributed by atoms with Crippen molar-refractivity contribution in [2.45, 2.75) is 26.2 Å². The second-order valence-corrected chi connectivity index (χ2v) is 16.4. The maximum absolute atomic E-state index is 9.21. The van der Waals surface area contributed by atoms with Crippen LogP contribution in [0.1, 0.15) is 42.9 Å². The molecule has 5 heteroatoms. The highest BCUT2D eigenvalue weighted by Crippen LogP contribution is 2.49. The van der Waals surface area contributed by atoms with Gasteiger partial charge in [0.05, 0.1) is 45.8 Å². The van der Waals surface area contributed by atoms with Crippen LogP contribution in [0.15, 0.2) is 200 Å². The fourth-order valence-corrected chi connectivity index (χ4v) is 9.34. The smallest absolute Gasteiger partial charge is 0.269 e. The highest BCUT2D eigenvalue weighted by molar-refractivity contribution is 6.09. The van der Waals surface area contributed by atoms with E-state index in [0.717, 1.165) is 27.6 Å². The van der Waals surface area contributed by atoms with Gasteiger partial charge in [0.1, 0.15) is 17.3 Å². The van der Waals surface area contributed by atoms with Crippen LogP contribution in [0.3, 0.4) is 0 Å². The molecule has 12 rings (SSSR count). The number of aromatic nitrogens is 4. The van der Waals surface area contributed by atoms with E-state index >= 15 is 0 Å². The lowest BCUT2D eigenvalue weighted by atomic mass is 9.83. The van der Waals surface area contributed by atoms with Gasteiger partial charge < -0.3 is 4.74 Å². The van der Waals surface area contributed by atoms with Gasteiger partial charge in [-0.05, 0) is 93.9 Å². The molecule has 0 aliphatic heterocycles. The van der Waals surface area contributed by atoms with Crippen molar-refractivity contribution < 1.29 is 21.6 Å². The molecular formula is C58H42N4O. The van der Waals surface area contributed by atoms with Gasteiger partial charge in [0, 0.05) is 28.5 Å². The molecule has 0 radical (unpaired) electrons. The summed E-state index contributed by atoms with van der Waals surface area (Å²) in [5.41, 5.74) is 9.53. The van der Waals surface area contributed by atoms with E-state index in [2.05, 4.69) is 73.3 Å². The van der Waals surface area contributed by atoms with Crippen molar-refractivity contribution in [3.63, 3.8) is 0 Å². The number of hydrogen-bond acceptors (Lipinski definition) is 2. The average molecular weight is 820 g/mol. The fourth-order valence-electron chi connectivity index (χ4n) is 9.34. The summed E-state index contributed by atoms with van der Waals surface area (Å²) in [6.07, 6.45) is 5.51. The lowest BCUT2D eigenvalue weighted by Gasteiger charge is -2.21.